The smallest absolute Gasteiger partial charge is 0.208 e. The largest absolute Gasteiger partial charge is 0.217 e. The Kier molecular flexibility index (Phi) is 4.15. The molecule has 1 aliphatic rings. The Morgan fingerprint density at radius 3 is 2.24 bits per heavy atom. The lowest BCUT2D eigenvalue weighted by Gasteiger charge is -2.20. The molecule has 1 saturated carbocycles. The first kappa shape index (κ1) is 13.0. The van der Waals surface area contributed by atoms with Gasteiger partial charge in [0.1, 0.15) is 0 Å². The van der Waals surface area contributed by atoms with Crippen molar-refractivity contribution in [1.29, 1.82) is 0 Å². The van der Waals surface area contributed by atoms with Crippen molar-refractivity contribution in [1.82, 2.24) is 0 Å². The van der Waals surface area contributed by atoms with Crippen molar-refractivity contribution in [3.63, 3.8) is 0 Å². The topological polar surface area (TPSA) is 34.1 Å². The third-order valence-corrected chi connectivity index (χ3v) is 7.27. The van der Waals surface area contributed by atoms with Crippen LogP contribution in [0.4, 0.5) is 0 Å². The van der Waals surface area contributed by atoms with Crippen LogP contribution in [0.3, 0.4) is 0 Å². The first-order valence-electron chi connectivity index (χ1n) is 6.08. The van der Waals surface area contributed by atoms with Crippen LogP contribution < -0.4 is 0 Å². The first-order valence-corrected chi connectivity index (χ1v) is 8.96. The van der Waals surface area contributed by atoms with Gasteiger partial charge >= 0.3 is 0 Å². The Morgan fingerprint density at radius 1 is 1.06 bits per heavy atom. The van der Waals surface area contributed by atoms with Crippen LogP contribution in [0.2, 0.25) is 0 Å². The second-order valence-corrected chi connectivity index (χ2v) is 8.83. The summed E-state index contributed by atoms with van der Waals surface area (Å²) < 4.78 is 24.4. The summed E-state index contributed by atoms with van der Waals surface area (Å²) in [6.07, 6.45) is 4.96. The van der Waals surface area contributed by atoms with Gasteiger partial charge in [-0.25, -0.2) is 8.42 Å². The van der Waals surface area contributed by atoms with Crippen molar-refractivity contribution < 1.29 is 8.42 Å². The normalized spacial score (nSPS) is 18.2. The Labute approximate surface area is 107 Å². The van der Waals surface area contributed by atoms with E-state index in [9.17, 15) is 8.42 Å². The molecule has 2 nitrogen and oxygen atoms in total. The molecule has 1 aromatic carbocycles. The van der Waals surface area contributed by atoms with Crippen molar-refractivity contribution in [3.8, 4) is 0 Å². The summed E-state index contributed by atoms with van der Waals surface area (Å²) in [5, 5.41) is -0.137. The molecular formula is C13H18O2S2. The summed E-state index contributed by atoms with van der Waals surface area (Å²) in [7, 11) is -2.00. The molecular weight excluding hydrogens is 252 g/mol. The van der Waals surface area contributed by atoms with Crippen molar-refractivity contribution >= 4 is 19.7 Å². The average molecular weight is 270 g/mol. The summed E-state index contributed by atoms with van der Waals surface area (Å²) in [4.78, 5) is 0.834. The zero-order valence-corrected chi connectivity index (χ0v) is 11.7. The second-order valence-electron chi connectivity index (χ2n) is 4.65. The van der Waals surface area contributed by atoms with E-state index in [2.05, 4.69) is 0 Å². The summed E-state index contributed by atoms with van der Waals surface area (Å²) in [6, 6.07) is 7.69. The number of rotatable bonds is 3. The van der Waals surface area contributed by atoms with Crippen LogP contribution in [-0.4, -0.2) is 13.7 Å². The zero-order valence-electron chi connectivity index (χ0n) is 10.1. The SMILES string of the molecule is Cc1ccc(SS(=O)(=O)C2CCCCC2)cc1. The average Bonchev–Trinajstić information content (AvgIpc) is 2.33. The van der Waals surface area contributed by atoms with Crippen LogP contribution in [0.15, 0.2) is 29.2 Å². The maximum Gasteiger partial charge on any atom is 0.208 e. The van der Waals surface area contributed by atoms with Gasteiger partial charge in [-0.15, -0.1) is 0 Å². The summed E-state index contributed by atoms with van der Waals surface area (Å²) >= 11 is 0. The van der Waals surface area contributed by atoms with E-state index in [-0.39, 0.29) is 5.25 Å². The molecule has 0 N–H and O–H groups in total. The Bertz CT molecular complexity index is 457. The molecule has 0 unspecified atom stereocenters. The molecule has 0 radical (unpaired) electrons. The predicted molar refractivity (Wildman–Crippen MR) is 72.8 cm³/mol. The van der Waals surface area contributed by atoms with E-state index in [0.29, 0.717) is 0 Å². The first-order chi connectivity index (χ1) is 8.08. The van der Waals surface area contributed by atoms with Gasteiger partial charge in [0.05, 0.1) is 5.25 Å². The zero-order chi connectivity index (χ0) is 12.3. The predicted octanol–water partition coefficient (Wildman–Crippen LogP) is 3.75. The molecule has 94 valence electrons. The minimum absolute atomic E-state index is 0.137. The second kappa shape index (κ2) is 5.44. The third kappa shape index (κ3) is 3.49. The molecule has 17 heavy (non-hydrogen) atoms. The molecule has 0 atom stereocenters. The minimum atomic E-state index is -3.03. The van der Waals surface area contributed by atoms with Gasteiger partial charge in [0.2, 0.25) is 8.87 Å². The number of hydrogen-bond donors (Lipinski definition) is 0. The molecule has 1 fully saturated rings. The van der Waals surface area contributed by atoms with Crippen molar-refractivity contribution in [2.45, 2.75) is 49.2 Å². The highest BCUT2D eigenvalue weighted by atomic mass is 33.1. The number of benzene rings is 1. The molecule has 0 aliphatic heterocycles. The number of aryl methyl sites for hydroxylation is 1. The molecule has 0 aromatic heterocycles. The molecule has 1 aliphatic carbocycles. The van der Waals surface area contributed by atoms with Crippen LogP contribution in [-0.2, 0) is 8.87 Å². The molecule has 4 heteroatoms. The van der Waals surface area contributed by atoms with Gasteiger partial charge in [0, 0.05) is 15.7 Å². The molecule has 0 amide bonds. The van der Waals surface area contributed by atoms with Crippen LogP contribution in [0, 0.1) is 6.92 Å². The van der Waals surface area contributed by atoms with E-state index in [1.165, 1.54) is 6.42 Å². The highest BCUT2D eigenvalue weighted by molar-refractivity contribution is 8.72. The van der Waals surface area contributed by atoms with E-state index < -0.39 is 8.87 Å². The van der Waals surface area contributed by atoms with Gasteiger partial charge in [0.15, 0.2) is 0 Å². The van der Waals surface area contributed by atoms with Gasteiger partial charge < -0.3 is 0 Å². The standard InChI is InChI=1S/C13H18O2S2/c1-11-7-9-12(10-8-11)16-17(14,15)13-5-3-2-4-6-13/h7-10,13H,2-6H2,1H3. The van der Waals surface area contributed by atoms with Gasteiger partial charge in [-0.3, -0.25) is 0 Å². The van der Waals surface area contributed by atoms with E-state index in [1.54, 1.807) is 0 Å². The Balaban J connectivity index is 2.08. The quantitative estimate of drug-likeness (QED) is 0.784. The van der Waals surface area contributed by atoms with Gasteiger partial charge in [0.25, 0.3) is 0 Å². The lowest BCUT2D eigenvalue weighted by Crippen LogP contribution is -2.20. The van der Waals surface area contributed by atoms with Crippen molar-refractivity contribution in [3.05, 3.63) is 29.8 Å². The van der Waals surface area contributed by atoms with E-state index in [1.807, 2.05) is 31.2 Å². The highest BCUT2D eigenvalue weighted by Crippen LogP contribution is 2.34. The fourth-order valence-electron chi connectivity index (χ4n) is 2.15. The van der Waals surface area contributed by atoms with Crippen LogP contribution in [0.5, 0.6) is 0 Å². The third-order valence-electron chi connectivity index (χ3n) is 3.19. The Hall–Kier alpha value is -0.480. The molecule has 2 rings (SSSR count). The fourth-order valence-corrected chi connectivity index (χ4v) is 5.84. The minimum Gasteiger partial charge on any atom is -0.217 e. The summed E-state index contributed by atoms with van der Waals surface area (Å²) in [5.74, 6) is 0. The summed E-state index contributed by atoms with van der Waals surface area (Å²) in [5.41, 5.74) is 1.16. The highest BCUT2D eigenvalue weighted by Gasteiger charge is 2.28. The summed E-state index contributed by atoms with van der Waals surface area (Å²) in [6.45, 7) is 2.00. The van der Waals surface area contributed by atoms with Crippen molar-refractivity contribution in [2.24, 2.45) is 0 Å². The molecule has 0 spiro atoms. The van der Waals surface area contributed by atoms with E-state index >= 15 is 0 Å². The monoisotopic (exact) mass is 270 g/mol. The van der Waals surface area contributed by atoms with Gasteiger partial charge in [-0.05, 0) is 31.9 Å². The van der Waals surface area contributed by atoms with Crippen LogP contribution in [0.1, 0.15) is 37.7 Å². The molecule has 0 saturated heterocycles. The van der Waals surface area contributed by atoms with Crippen molar-refractivity contribution in [2.75, 3.05) is 0 Å². The van der Waals surface area contributed by atoms with E-state index in [4.69, 9.17) is 0 Å². The molecule has 1 aromatic rings. The maximum atomic E-state index is 12.2. The lowest BCUT2D eigenvalue weighted by molar-refractivity contribution is 0.490. The maximum absolute atomic E-state index is 12.2. The van der Waals surface area contributed by atoms with Gasteiger partial charge in [-0.2, -0.15) is 0 Å². The molecule has 0 bridgehead atoms. The molecule has 0 heterocycles. The van der Waals surface area contributed by atoms with Crippen LogP contribution in [0.25, 0.3) is 0 Å². The van der Waals surface area contributed by atoms with Crippen LogP contribution >= 0.6 is 10.8 Å². The number of hydrogen-bond acceptors (Lipinski definition) is 3. The van der Waals surface area contributed by atoms with Gasteiger partial charge in [-0.1, -0.05) is 37.0 Å². The fraction of sp³-hybridized carbons (Fsp3) is 0.538. The lowest BCUT2D eigenvalue weighted by atomic mass is 10.0. The van der Waals surface area contributed by atoms with E-state index in [0.717, 1.165) is 46.9 Å². The Morgan fingerprint density at radius 2 is 1.65 bits per heavy atom.